The van der Waals surface area contributed by atoms with Crippen molar-refractivity contribution >= 4 is 23.2 Å². The van der Waals surface area contributed by atoms with Crippen molar-refractivity contribution in [1.82, 2.24) is 15.0 Å². The number of aromatic nitrogens is 3. The summed E-state index contributed by atoms with van der Waals surface area (Å²) in [4.78, 5) is 12.0. The van der Waals surface area contributed by atoms with Crippen LogP contribution in [0.15, 0.2) is 18.2 Å². The van der Waals surface area contributed by atoms with Crippen molar-refractivity contribution < 1.29 is 14.2 Å². The number of halogens is 1. The Balaban J connectivity index is 2.28. The second kappa shape index (κ2) is 6.94. The molecule has 8 heteroatoms. The van der Waals surface area contributed by atoms with Crippen LogP contribution in [0.3, 0.4) is 0 Å². The van der Waals surface area contributed by atoms with E-state index in [9.17, 15) is 0 Å². The van der Waals surface area contributed by atoms with Gasteiger partial charge in [-0.3, -0.25) is 0 Å². The van der Waals surface area contributed by atoms with E-state index in [0.29, 0.717) is 23.8 Å². The van der Waals surface area contributed by atoms with Gasteiger partial charge in [-0.15, -0.1) is 0 Å². The molecule has 2 aromatic rings. The lowest BCUT2D eigenvalue weighted by atomic mass is 10.3. The molecule has 0 amide bonds. The van der Waals surface area contributed by atoms with E-state index >= 15 is 0 Å². The highest BCUT2D eigenvalue weighted by Crippen LogP contribution is 2.27. The second-order valence-corrected chi connectivity index (χ2v) is 4.21. The minimum atomic E-state index is 0.0470. The molecular formula is C13H15ClN4O3. The summed E-state index contributed by atoms with van der Waals surface area (Å²) < 4.78 is 15.6. The van der Waals surface area contributed by atoms with Gasteiger partial charge in [-0.05, 0) is 18.5 Å². The third-order valence-electron chi connectivity index (χ3n) is 2.47. The van der Waals surface area contributed by atoms with E-state index in [-0.39, 0.29) is 17.2 Å². The molecule has 112 valence electrons. The van der Waals surface area contributed by atoms with Crippen LogP contribution in [0, 0.1) is 0 Å². The molecule has 21 heavy (non-hydrogen) atoms. The van der Waals surface area contributed by atoms with Crippen LogP contribution < -0.4 is 19.5 Å². The number of benzene rings is 1. The Hall–Kier alpha value is -2.28. The maximum Gasteiger partial charge on any atom is 0.322 e. The van der Waals surface area contributed by atoms with E-state index in [1.165, 1.54) is 0 Å². The predicted molar refractivity (Wildman–Crippen MR) is 78.8 cm³/mol. The lowest BCUT2D eigenvalue weighted by Gasteiger charge is -2.10. The Labute approximate surface area is 127 Å². The lowest BCUT2D eigenvalue weighted by molar-refractivity contribution is 0.312. The van der Waals surface area contributed by atoms with Crippen LogP contribution in [0.25, 0.3) is 0 Å². The van der Waals surface area contributed by atoms with Crippen LogP contribution in [0.1, 0.15) is 6.92 Å². The first-order chi connectivity index (χ1) is 10.1. The highest BCUT2D eigenvalue weighted by atomic mass is 35.5. The minimum absolute atomic E-state index is 0.0470. The zero-order valence-corrected chi connectivity index (χ0v) is 12.6. The standard InChI is InChI=1S/C13H15ClN4O3/c1-4-21-13-17-11(14)16-12(18-13)15-8-5-9(19-2)7-10(6-8)20-3/h5-7H,4H2,1-3H3,(H,15,16,17,18). The fourth-order valence-electron chi connectivity index (χ4n) is 1.59. The number of nitrogens with zero attached hydrogens (tertiary/aromatic N) is 3. The number of hydrogen-bond acceptors (Lipinski definition) is 7. The minimum Gasteiger partial charge on any atom is -0.497 e. The van der Waals surface area contributed by atoms with Crippen molar-refractivity contribution in [2.75, 3.05) is 26.1 Å². The van der Waals surface area contributed by atoms with E-state index in [1.807, 2.05) is 6.92 Å². The Kier molecular flexibility index (Phi) is 4.99. The largest absolute Gasteiger partial charge is 0.497 e. The van der Waals surface area contributed by atoms with Gasteiger partial charge in [0.25, 0.3) is 0 Å². The van der Waals surface area contributed by atoms with E-state index in [1.54, 1.807) is 32.4 Å². The predicted octanol–water partition coefficient (Wildman–Crippen LogP) is 2.68. The van der Waals surface area contributed by atoms with Gasteiger partial charge in [0.1, 0.15) is 11.5 Å². The molecule has 2 rings (SSSR count). The molecule has 0 aliphatic carbocycles. The molecule has 7 nitrogen and oxygen atoms in total. The van der Waals surface area contributed by atoms with Crippen LogP contribution in [-0.2, 0) is 0 Å². The Morgan fingerprint density at radius 1 is 1.05 bits per heavy atom. The fourth-order valence-corrected chi connectivity index (χ4v) is 1.74. The summed E-state index contributed by atoms with van der Waals surface area (Å²) >= 11 is 5.84. The SMILES string of the molecule is CCOc1nc(Cl)nc(Nc2cc(OC)cc(OC)c2)n1. The topological polar surface area (TPSA) is 78.4 Å². The molecule has 0 aliphatic heterocycles. The molecule has 0 spiro atoms. The van der Waals surface area contributed by atoms with Gasteiger partial charge in [0.05, 0.1) is 20.8 Å². The molecule has 1 aromatic heterocycles. The van der Waals surface area contributed by atoms with Crippen LogP contribution in [0.4, 0.5) is 11.6 Å². The van der Waals surface area contributed by atoms with Gasteiger partial charge in [-0.1, -0.05) is 0 Å². The third-order valence-corrected chi connectivity index (χ3v) is 2.64. The van der Waals surface area contributed by atoms with Gasteiger partial charge in [0.2, 0.25) is 11.2 Å². The monoisotopic (exact) mass is 310 g/mol. The average molecular weight is 311 g/mol. The Morgan fingerprint density at radius 2 is 1.71 bits per heavy atom. The fraction of sp³-hybridized carbons (Fsp3) is 0.308. The van der Waals surface area contributed by atoms with Gasteiger partial charge >= 0.3 is 6.01 Å². The van der Waals surface area contributed by atoms with E-state index in [0.717, 1.165) is 0 Å². The number of nitrogens with one attached hydrogen (secondary N) is 1. The molecular weight excluding hydrogens is 296 g/mol. The second-order valence-electron chi connectivity index (χ2n) is 3.87. The van der Waals surface area contributed by atoms with Crippen molar-refractivity contribution in [3.8, 4) is 17.5 Å². The van der Waals surface area contributed by atoms with Gasteiger partial charge in [-0.2, -0.15) is 15.0 Å². The molecule has 0 radical (unpaired) electrons. The summed E-state index contributed by atoms with van der Waals surface area (Å²) in [6.07, 6.45) is 0. The highest BCUT2D eigenvalue weighted by molar-refractivity contribution is 6.28. The van der Waals surface area contributed by atoms with Crippen molar-refractivity contribution in [1.29, 1.82) is 0 Å². The molecule has 0 atom stereocenters. The van der Waals surface area contributed by atoms with E-state index in [4.69, 9.17) is 25.8 Å². The average Bonchev–Trinajstić information content (AvgIpc) is 2.46. The Bertz CT molecular complexity index is 602. The molecule has 0 bridgehead atoms. The third kappa shape index (κ3) is 4.09. The van der Waals surface area contributed by atoms with Gasteiger partial charge in [0.15, 0.2) is 0 Å². The van der Waals surface area contributed by atoms with Gasteiger partial charge in [0, 0.05) is 23.9 Å². The van der Waals surface area contributed by atoms with Crippen LogP contribution in [0.5, 0.6) is 17.5 Å². The van der Waals surface area contributed by atoms with Crippen molar-refractivity contribution in [2.45, 2.75) is 6.92 Å². The van der Waals surface area contributed by atoms with Crippen molar-refractivity contribution in [3.63, 3.8) is 0 Å². The van der Waals surface area contributed by atoms with Crippen LogP contribution in [-0.4, -0.2) is 35.8 Å². The van der Waals surface area contributed by atoms with Gasteiger partial charge in [-0.25, -0.2) is 0 Å². The normalized spacial score (nSPS) is 10.1. The molecule has 0 aliphatic rings. The molecule has 1 N–H and O–H groups in total. The summed E-state index contributed by atoms with van der Waals surface area (Å²) in [5.41, 5.74) is 0.691. The summed E-state index contributed by atoms with van der Waals surface area (Å²) in [5.74, 6) is 1.55. The molecule has 1 heterocycles. The summed E-state index contributed by atoms with van der Waals surface area (Å²) in [7, 11) is 3.15. The molecule has 0 unspecified atom stereocenters. The van der Waals surface area contributed by atoms with Crippen molar-refractivity contribution in [3.05, 3.63) is 23.5 Å². The van der Waals surface area contributed by atoms with Crippen LogP contribution >= 0.6 is 11.6 Å². The number of ether oxygens (including phenoxy) is 3. The summed E-state index contributed by atoms with van der Waals surface area (Å²) in [6, 6.07) is 5.48. The lowest BCUT2D eigenvalue weighted by Crippen LogP contribution is -2.04. The van der Waals surface area contributed by atoms with E-state index < -0.39 is 0 Å². The van der Waals surface area contributed by atoms with Gasteiger partial charge < -0.3 is 19.5 Å². The number of methoxy groups -OCH3 is 2. The molecule has 0 saturated heterocycles. The molecule has 0 saturated carbocycles. The maximum absolute atomic E-state index is 5.84. The molecule has 0 fully saturated rings. The number of anilines is 2. The smallest absolute Gasteiger partial charge is 0.322 e. The van der Waals surface area contributed by atoms with Crippen LogP contribution in [0.2, 0.25) is 5.28 Å². The zero-order valence-electron chi connectivity index (χ0n) is 11.9. The summed E-state index contributed by atoms with van der Waals surface area (Å²) in [6.45, 7) is 2.27. The maximum atomic E-state index is 5.84. The number of hydrogen-bond donors (Lipinski definition) is 1. The zero-order chi connectivity index (χ0) is 15.2. The molecule has 1 aromatic carbocycles. The first kappa shape index (κ1) is 15.1. The first-order valence-corrected chi connectivity index (χ1v) is 6.57. The first-order valence-electron chi connectivity index (χ1n) is 6.19. The number of rotatable bonds is 6. The van der Waals surface area contributed by atoms with Crippen molar-refractivity contribution in [2.24, 2.45) is 0 Å². The summed E-state index contributed by atoms with van der Waals surface area (Å²) in [5, 5.41) is 3.05. The quantitative estimate of drug-likeness (QED) is 0.878. The van der Waals surface area contributed by atoms with E-state index in [2.05, 4.69) is 20.3 Å². The highest BCUT2D eigenvalue weighted by Gasteiger charge is 2.08. The Morgan fingerprint density at radius 3 is 2.29 bits per heavy atom.